The predicted molar refractivity (Wildman–Crippen MR) is 59.0 cm³/mol. The van der Waals surface area contributed by atoms with Crippen molar-refractivity contribution in [1.82, 2.24) is 15.3 Å². The molecule has 1 heterocycles. The van der Waals surface area contributed by atoms with Gasteiger partial charge in [-0.15, -0.1) is 0 Å². The number of H-pyrrole nitrogens is 1. The van der Waals surface area contributed by atoms with Crippen molar-refractivity contribution in [3.05, 3.63) is 18.2 Å². The van der Waals surface area contributed by atoms with Crippen molar-refractivity contribution >= 4 is 11.9 Å². The van der Waals surface area contributed by atoms with Gasteiger partial charge in [-0.25, -0.2) is 4.98 Å². The summed E-state index contributed by atoms with van der Waals surface area (Å²) in [5.41, 5.74) is 0. The average Bonchev–Trinajstić information content (AvgIpc) is 2.94. The van der Waals surface area contributed by atoms with E-state index < -0.39 is 11.9 Å². The molecule has 3 N–H and O–H groups in total. The molecule has 1 fully saturated rings. The van der Waals surface area contributed by atoms with Crippen molar-refractivity contribution in [1.29, 1.82) is 0 Å². The Morgan fingerprint density at radius 2 is 2.41 bits per heavy atom. The fraction of sp³-hybridized carbons (Fsp3) is 0.545. The summed E-state index contributed by atoms with van der Waals surface area (Å²) in [4.78, 5) is 29.5. The van der Waals surface area contributed by atoms with E-state index in [4.69, 9.17) is 5.11 Å². The lowest BCUT2D eigenvalue weighted by Gasteiger charge is -2.14. The first-order valence-electron chi connectivity index (χ1n) is 5.66. The van der Waals surface area contributed by atoms with Gasteiger partial charge in [-0.05, 0) is 12.8 Å². The fourth-order valence-electron chi connectivity index (χ4n) is 1.87. The maximum absolute atomic E-state index is 11.8. The first-order chi connectivity index (χ1) is 8.13. The number of rotatable bonds is 5. The third-order valence-electron chi connectivity index (χ3n) is 3.02. The van der Waals surface area contributed by atoms with Crippen LogP contribution in [0, 0.1) is 11.8 Å². The van der Waals surface area contributed by atoms with E-state index in [-0.39, 0.29) is 17.9 Å². The Morgan fingerprint density at radius 1 is 1.65 bits per heavy atom. The van der Waals surface area contributed by atoms with Gasteiger partial charge >= 0.3 is 5.97 Å². The Labute approximate surface area is 98.4 Å². The molecule has 17 heavy (non-hydrogen) atoms. The number of nitrogens with zero attached hydrogens (tertiary/aromatic N) is 1. The maximum Gasteiger partial charge on any atom is 0.307 e. The molecule has 3 atom stereocenters. The summed E-state index contributed by atoms with van der Waals surface area (Å²) in [7, 11) is 0. The quantitative estimate of drug-likeness (QED) is 0.702. The van der Waals surface area contributed by atoms with Crippen LogP contribution in [0.4, 0.5) is 0 Å². The van der Waals surface area contributed by atoms with E-state index in [0.717, 1.165) is 0 Å². The standard InChI is InChI=1S/C11H15N3O3/c1-2-8(9-12-3-4-13-9)14-10(15)6-5-7(6)11(16)17/h3-4,6-8H,2,5H2,1H3,(H,12,13)(H,14,15)(H,16,17)/t6-,7+,8?/m1/s1. The van der Waals surface area contributed by atoms with Crippen molar-refractivity contribution in [3.63, 3.8) is 0 Å². The Hall–Kier alpha value is -1.85. The number of amides is 1. The van der Waals surface area contributed by atoms with E-state index in [0.29, 0.717) is 18.7 Å². The van der Waals surface area contributed by atoms with E-state index in [1.807, 2.05) is 6.92 Å². The fourth-order valence-corrected chi connectivity index (χ4v) is 1.87. The molecular formula is C11H15N3O3. The van der Waals surface area contributed by atoms with Crippen LogP contribution in [0.1, 0.15) is 31.6 Å². The van der Waals surface area contributed by atoms with Gasteiger partial charge in [0.05, 0.1) is 17.9 Å². The highest BCUT2D eigenvalue weighted by Crippen LogP contribution is 2.39. The normalized spacial score (nSPS) is 24.1. The van der Waals surface area contributed by atoms with Gasteiger partial charge in [-0.2, -0.15) is 0 Å². The van der Waals surface area contributed by atoms with Crippen LogP contribution in [0.3, 0.4) is 0 Å². The molecule has 0 radical (unpaired) electrons. The minimum atomic E-state index is -0.892. The lowest BCUT2D eigenvalue weighted by Crippen LogP contribution is -2.31. The number of aliphatic carboxylic acids is 1. The molecule has 0 aromatic carbocycles. The Bertz CT molecular complexity index is 416. The smallest absolute Gasteiger partial charge is 0.307 e. The summed E-state index contributed by atoms with van der Waals surface area (Å²) < 4.78 is 0. The van der Waals surface area contributed by atoms with Crippen LogP contribution in [-0.2, 0) is 9.59 Å². The van der Waals surface area contributed by atoms with Crippen LogP contribution in [0.5, 0.6) is 0 Å². The zero-order valence-corrected chi connectivity index (χ0v) is 9.51. The number of hydrogen-bond acceptors (Lipinski definition) is 3. The zero-order valence-electron chi connectivity index (χ0n) is 9.51. The molecule has 92 valence electrons. The number of hydrogen-bond donors (Lipinski definition) is 3. The molecule has 6 heteroatoms. The second-order valence-electron chi connectivity index (χ2n) is 4.23. The molecule has 0 aliphatic heterocycles. The topological polar surface area (TPSA) is 95.1 Å². The molecule has 0 spiro atoms. The number of carboxylic acid groups (broad SMARTS) is 1. The van der Waals surface area contributed by atoms with E-state index in [9.17, 15) is 9.59 Å². The van der Waals surface area contributed by atoms with Gasteiger partial charge < -0.3 is 15.4 Å². The molecule has 1 aliphatic carbocycles. The first kappa shape index (κ1) is 11.6. The summed E-state index contributed by atoms with van der Waals surface area (Å²) in [6.07, 6.45) is 4.47. The van der Waals surface area contributed by atoms with Gasteiger partial charge in [-0.3, -0.25) is 9.59 Å². The molecule has 1 saturated carbocycles. The van der Waals surface area contributed by atoms with Gasteiger partial charge in [0.25, 0.3) is 0 Å². The minimum absolute atomic E-state index is 0.174. The monoisotopic (exact) mass is 237 g/mol. The largest absolute Gasteiger partial charge is 0.481 e. The average molecular weight is 237 g/mol. The number of imidazole rings is 1. The molecule has 0 saturated heterocycles. The number of aromatic nitrogens is 2. The number of carbonyl (C=O) groups is 2. The Balaban J connectivity index is 1.92. The van der Waals surface area contributed by atoms with Crippen LogP contribution >= 0.6 is 0 Å². The predicted octanol–water partition coefficient (Wildman–Crippen LogP) is 0.698. The number of nitrogens with one attached hydrogen (secondary N) is 2. The van der Waals surface area contributed by atoms with Crippen molar-refractivity contribution in [2.75, 3.05) is 0 Å². The molecule has 1 aliphatic rings. The molecule has 1 aromatic heterocycles. The molecule has 0 bridgehead atoms. The van der Waals surface area contributed by atoms with E-state index in [2.05, 4.69) is 15.3 Å². The number of carboxylic acids is 1. The SMILES string of the molecule is CCC(NC(=O)[C@@H]1C[C@@H]1C(=O)O)c1ncc[nH]1. The van der Waals surface area contributed by atoms with Gasteiger partial charge in [0.15, 0.2) is 0 Å². The van der Waals surface area contributed by atoms with Gasteiger partial charge in [0.1, 0.15) is 5.82 Å². The third kappa shape index (κ3) is 2.46. The van der Waals surface area contributed by atoms with E-state index >= 15 is 0 Å². The van der Waals surface area contributed by atoms with Crippen LogP contribution in [0.2, 0.25) is 0 Å². The number of carbonyl (C=O) groups excluding carboxylic acids is 1. The van der Waals surface area contributed by atoms with Crippen LogP contribution in [0.25, 0.3) is 0 Å². The second kappa shape index (κ2) is 4.57. The molecule has 6 nitrogen and oxygen atoms in total. The summed E-state index contributed by atoms with van der Waals surface area (Å²) >= 11 is 0. The zero-order chi connectivity index (χ0) is 12.4. The summed E-state index contributed by atoms with van der Waals surface area (Å²) in [6.45, 7) is 1.94. The lowest BCUT2D eigenvalue weighted by molar-refractivity contribution is -0.140. The maximum atomic E-state index is 11.8. The molecule has 1 unspecified atom stereocenters. The highest BCUT2D eigenvalue weighted by Gasteiger charge is 2.48. The lowest BCUT2D eigenvalue weighted by atomic mass is 10.2. The molecule has 1 amide bonds. The molecule has 1 aromatic rings. The highest BCUT2D eigenvalue weighted by molar-refractivity contribution is 5.89. The molecular weight excluding hydrogens is 222 g/mol. The van der Waals surface area contributed by atoms with Crippen LogP contribution in [-0.4, -0.2) is 27.0 Å². The first-order valence-corrected chi connectivity index (χ1v) is 5.66. The second-order valence-corrected chi connectivity index (χ2v) is 4.23. The van der Waals surface area contributed by atoms with E-state index in [1.165, 1.54) is 0 Å². The van der Waals surface area contributed by atoms with Crippen molar-refractivity contribution in [3.8, 4) is 0 Å². The minimum Gasteiger partial charge on any atom is -0.481 e. The summed E-state index contributed by atoms with van der Waals surface area (Å²) in [6, 6.07) is -0.174. The summed E-state index contributed by atoms with van der Waals surface area (Å²) in [5, 5.41) is 11.6. The highest BCUT2D eigenvalue weighted by atomic mass is 16.4. The van der Waals surface area contributed by atoms with Crippen LogP contribution in [0.15, 0.2) is 12.4 Å². The Kier molecular flexibility index (Phi) is 3.12. The van der Waals surface area contributed by atoms with Crippen LogP contribution < -0.4 is 5.32 Å². The van der Waals surface area contributed by atoms with E-state index in [1.54, 1.807) is 12.4 Å². The van der Waals surface area contributed by atoms with Gasteiger partial charge in [0.2, 0.25) is 5.91 Å². The third-order valence-corrected chi connectivity index (χ3v) is 3.02. The van der Waals surface area contributed by atoms with Crippen molar-refractivity contribution < 1.29 is 14.7 Å². The number of aromatic amines is 1. The van der Waals surface area contributed by atoms with Crippen molar-refractivity contribution in [2.24, 2.45) is 11.8 Å². The van der Waals surface area contributed by atoms with Crippen molar-refractivity contribution in [2.45, 2.75) is 25.8 Å². The molecule has 2 rings (SSSR count). The van der Waals surface area contributed by atoms with Gasteiger partial charge in [-0.1, -0.05) is 6.92 Å². The Morgan fingerprint density at radius 3 is 2.88 bits per heavy atom. The van der Waals surface area contributed by atoms with Gasteiger partial charge in [0, 0.05) is 12.4 Å². The summed E-state index contributed by atoms with van der Waals surface area (Å²) in [5.74, 6) is -1.27.